The second-order valence-corrected chi connectivity index (χ2v) is 4.53. The molecule has 16 heavy (non-hydrogen) atoms. The normalized spacial score (nSPS) is 22.1. The zero-order valence-electron chi connectivity index (χ0n) is 9.73. The van der Waals surface area contributed by atoms with Gasteiger partial charge < -0.3 is 15.2 Å². The molecule has 2 atom stereocenters. The van der Waals surface area contributed by atoms with E-state index >= 15 is 0 Å². The smallest absolute Gasteiger partial charge is 0.326 e. The molecule has 0 aromatic heterocycles. The summed E-state index contributed by atoms with van der Waals surface area (Å²) in [5.74, 6) is -1.06. The molecule has 2 N–H and O–H groups in total. The molecule has 0 aromatic carbocycles. The molecule has 1 saturated heterocycles. The Kier molecular flexibility index (Phi) is 4.73. The highest BCUT2D eigenvalue weighted by molar-refractivity contribution is 5.86. The van der Waals surface area contributed by atoms with Crippen molar-refractivity contribution >= 4 is 11.9 Å². The number of amides is 1. The van der Waals surface area contributed by atoms with Crippen LogP contribution in [0.25, 0.3) is 0 Å². The van der Waals surface area contributed by atoms with E-state index in [0.717, 1.165) is 6.42 Å². The molecule has 0 aromatic rings. The van der Waals surface area contributed by atoms with Crippen LogP contribution in [0, 0.1) is 5.92 Å². The molecule has 1 amide bonds. The second-order valence-electron chi connectivity index (χ2n) is 4.53. The summed E-state index contributed by atoms with van der Waals surface area (Å²) in [6, 6.07) is -0.809. The van der Waals surface area contributed by atoms with Crippen molar-refractivity contribution < 1.29 is 19.4 Å². The Labute approximate surface area is 95.2 Å². The van der Waals surface area contributed by atoms with Gasteiger partial charge in [-0.3, -0.25) is 4.79 Å². The monoisotopic (exact) mass is 229 g/mol. The van der Waals surface area contributed by atoms with E-state index in [9.17, 15) is 9.59 Å². The average molecular weight is 229 g/mol. The largest absolute Gasteiger partial charge is 0.480 e. The average Bonchev–Trinajstić information content (AvgIpc) is 2.68. The molecule has 1 aliphatic rings. The number of hydrogen-bond acceptors (Lipinski definition) is 3. The Morgan fingerprint density at radius 2 is 2.19 bits per heavy atom. The fourth-order valence-corrected chi connectivity index (χ4v) is 1.74. The number of carboxylic acid groups (broad SMARTS) is 1. The van der Waals surface area contributed by atoms with Crippen molar-refractivity contribution in [1.29, 1.82) is 0 Å². The molecule has 1 unspecified atom stereocenters. The predicted octanol–water partition coefficient (Wildman–Crippen LogP) is 0.781. The standard InChI is InChI=1S/C11H19NO4/c1-7(2)6-8(11(14)15)12-10(13)9-4-3-5-16-9/h7-9H,3-6H2,1-2H3,(H,12,13)(H,14,15)/t8?,9-/m0/s1. The molecule has 92 valence electrons. The molecule has 5 heteroatoms. The highest BCUT2D eigenvalue weighted by atomic mass is 16.5. The first-order chi connectivity index (χ1) is 7.50. The van der Waals surface area contributed by atoms with Crippen LogP contribution in [0.1, 0.15) is 33.1 Å². The summed E-state index contributed by atoms with van der Waals surface area (Å²) in [6.07, 6.45) is 1.52. The fraction of sp³-hybridized carbons (Fsp3) is 0.818. The van der Waals surface area contributed by atoms with Gasteiger partial charge in [0.15, 0.2) is 0 Å². The SMILES string of the molecule is CC(C)CC(NC(=O)[C@@H]1CCCO1)C(=O)O. The van der Waals surface area contributed by atoms with Gasteiger partial charge in [0, 0.05) is 6.61 Å². The van der Waals surface area contributed by atoms with Gasteiger partial charge in [-0.2, -0.15) is 0 Å². The van der Waals surface area contributed by atoms with Crippen LogP contribution in [-0.4, -0.2) is 35.7 Å². The maximum Gasteiger partial charge on any atom is 0.326 e. The van der Waals surface area contributed by atoms with E-state index < -0.39 is 18.1 Å². The number of hydrogen-bond donors (Lipinski definition) is 2. The van der Waals surface area contributed by atoms with Crippen LogP contribution in [0.5, 0.6) is 0 Å². The van der Waals surface area contributed by atoms with Gasteiger partial charge in [0.2, 0.25) is 5.91 Å². The number of aliphatic carboxylic acids is 1. The van der Waals surface area contributed by atoms with Gasteiger partial charge in [-0.15, -0.1) is 0 Å². The lowest BCUT2D eigenvalue weighted by Crippen LogP contribution is -2.45. The first kappa shape index (κ1) is 13.0. The van der Waals surface area contributed by atoms with E-state index in [1.54, 1.807) is 0 Å². The van der Waals surface area contributed by atoms with Gasteiger partial charge in [0.05, 0.1) is 0 Å². The highest BCUT2D eigenvalue weighted by Crippen LogP contribution is 2.13. The number of rotatable bonds is 5. The van der Waals surface area contributed by atoms with Crippen molar-refractivity contribution in [2.45, 2.75) is 45.3 Å². The van der Waals surface area contributed by atoms with Crippen LogP contribution in [0.3, 0.4) is 0 Å². The van der Waals surface area contributed by atoms with Crippen molar-refractivity contribution in [2.75, 3.05) is 6.61 Å². The van der Waals surface area contributed by atoms with Gasteiger partial charge in [-0.25, -0.2) is 4.79 Å². The van der Waals surface area contributed by atoms with Crippen molar-refractivity contribution in [2.24, 2.45) is 5.92 Å². The van der Waals surface area contributed by atoms with Crippen molar-refractivity contribution in [1.82, 2.24) is 5.32 Å². The molecule has 0 saturated carbocycles. The number of nitrogens with one attached hydrogen (secondary N) is 1. The van der Waals surface area contributed by atoms with Gasteiger partial charge in [-0.05, 0) is 25.2 Å². The second kappa shape index (κ2) is 5.84. The minimum absolute atomic E-state index is 0.228. The lowest BCUT2D eigenvalue weighted by Gasteiger charge is -2.18. The quantitative estimate of drug-likeness (QED) is 0.730. The molecule has 1 aliphatic heterocycles. The Bertz CT molecular complexity index is 259. The summed E-state index contributed by atoms with van der Waals surface area (Å²) in [5, 5.41) is 11.5. The molecular weight excluding hydrogens is 210 g/mol. The zero-order chi connectivity index (χ0) is 12.1. The molecule has 0 spiro atoms. The van der Waals surface area contributed by atoms with Gasteiger partial charge in [0.1, 0.15) is 12.1 Å². The third-order valence-corrected chi connectivity index (χ3v) is 2.54. The Morgan fingerprint density at radius 3 is 2.62 bits per heavy atom. The number of ether oxygens (including phenoxy) is 1. The van der Waals surface area contributed by atoms with E-state index in [4.69, 9.17) is 9.84 Å². The van der Waals surface area contributed by atoms with Gasteiger partial charge in [0.25, 0.3) is 0 Å². The summed E-state index contributed by atoms with van der Waals surface area (Å²) in [4.78, 5) is 22.6. The number of carboxylic acids is 1. The lowest BCUT2D eigenvalue weighted by atomic mass is 10.0. The van der Waals surface area contributed by atoms with Crippen LogP contribution in [0.2, 0.25) is 0 Å². The van der Waals surface area contributed by atoms with E-state index in [-0.39, 0.29) is 11.8 Å². The highest BCUT2D eigenvalue weighted by Gasteiger charge is 2.28. The molecule has 0 bridgehead atoms. The number of carbonyl (C=O) groups is 2. The molecule has 5 nitrogen and oxygen atoms in total. The molecule has 1 rings (SSSR count). The van der Waals surface area contributed by atoms with Crippen LogP contribution in [0.4, 0.5) is 0 Å². The van der Waals surface area contributed by atoms with Crippen LogP contribution < -0.4 is 5.32 Å². The van der Waals surface area contributed by atoms with E-state index in [0.29, 0.717) is 19.4 Å². The summed E-state index contributed by atoms with van der Waals surface area (Å²) >= 11 is 0. The third kappa shape index (κ3) is 3.81. The molecule has 1 heterocycles. The minimum atomic E-state index is -0.986. The van der Waals surface area contributed by atoms with E-state index in [1.807, 2.05) is 13.8 Å². The topological polar surface area (TPSA) is 75.6 Å². The summed E-state index contributed by atoms with van der Waals surface area (Å²) < 4.78 is 5.20. The summed E-state index contributed by atoms with van der Waals surface area (Å²) in [7, 11) is 0. The maximum absolute atomic E-state index is 11.6. The predicted molar refractivity (Wildman–Crippen MR) is 58.0 cm³/mol. The Hall–Kier alpha value is -1.10. The summed E-state index contributed by atoms with van der Waals surface area (Å²) in [5.41, 5.74) is 0. The lowest BCUT2D eigenvalue weighted by molar-refractivity contribution is -0.144. The first-order valence-electron chi connectivity index (χ1n) is 5.65. The Morgan fingerprint density at radius 1 is 1.50 bits per heavy atom. The Balaban J connectivity index is 2.47. The molecular formula is C11H19NO4. The van der Waals surface area contributed by atoms with Crippen molar-refractivity contribution in [3.8, 4) is 0 Å². The fourth-order valence-electron chi connectivity index (χ4n) is 1.74. The molecule has 0 aliphatic carbocycles. The van der Waals surface area contributed by atoms with E-state index in [1.165, 1.54) is 0 Å². The van der Waals surface area contributed by atoms with E-state index in [2.05, 4.69) is 5.32 Å². The molecule has 1 fully saturated rings. The molecule has 0 radical (unpaired) electrons. The summed E-state index contributed by atoms with van der Waals surface area (Å²) in [6.45, 7) is 4.43. The maximum atomic E-state index is 11.6. The number of carbonyl (C=O) groups excluding carboxylic acids is 1. The van der Waals surface area contributed by atoms with Gasteiger partial charge in [-0.1, -0.05) is 13.8 Å². The van der Waals surface area contributed by atoms with Crippen LogP contribution in [-0.2, 0) is 14.3 Å². The minimum Gasteiger partial charge on any atom is -0.480 e. The van der Waals surface area contributed by atoms with Crippen molar-refractivity contribution in [3.63, 3.8) is 0 Å². The van der Waals surface area contributed by atoms with Gasteiger partial charge >= 0.3 is 5.97 Å². The zero-order valence-corrected chi connectivity index (χ0v) is 9.73. The third-order valence-electron chi connectivity index (χ3n) is 2.54. The van der Waals surface area contributed by atoms with Crippen LogP contribution >= 0.6 is 0 Å². The first-order valence-corrected chi connectivity index (χ1v) is 5.65. The van der Waals surface area contributed by atoms with Crippen LogP contribution in [0.15, 0.2) is 0 Å². The van der Waals surface area contributed by atoms with Crippen molar-refractivity contribution in [3.05, 3.63) is 0 Å².